The summed E-state index contributed by atoms with van der Waals surface area (Å²) in [6.07, 6.45) is 44.4. The van der Waals surface area contributed by atoms with Crippen molar-refractivity contribution in [1.82, 2.24) is 0 Å². The number of carboxylic acids is 1. The topological polar surface area (TPSA) is 155 Å². The summed E-state index contributed by atoms with van der Waals surface area (Å²) in [7, 11) is -4.62. The normalized spacial score (nSPS) is 14.4. The van der Waals surface area contributed by atoms with Crippen molar-refractivity contribution >= 4 is 19.8 Å². The molecule has 0 aliphatic rings. The van der Waals surface area contributed by atoms with Gasteiger partial charge in [-0.25, -0.2) is 4.57 Å². The van der Waals surface area contributed by atoms with E-state index in [0.717, 1.165) is 77.0 Å². The number of hydrogen-bond donors (Lipinski definition) is 3. The van der Waals surface area contributed by atoms with E-state index in [-0.39, 0.29) is 13.0 Å². The van der Waals surface area contributed by atoms with Crippen molar-refractivity contribution in [2.75, 3.05) is 26.4 Å². The molecule has 314 valence electrons. The van der Waals surface area contributed by atoms with Crippen LogP contribution in [0.2, 0.25) is 0 Å². The van der Waals surface area contributed by atoms with Crippen molar-refractivity contribution in [3.05, 3.63) is 48.6 Å². The Labute approximate surface area is 329 Å². The van der Waals surface area contributed by atoms with E-state index in [4.69, 9.17) is 29.4 Å². The molecule has 0 aromatic heterocycles. The van der Waals surface area contributed by atoms with Crippen LogP contribution in [-0.4, -0.2) is 60.5 Å². The first-order valence-corrected chi connectivity index (χ1v) is 22.7. The fourth-order valence-corrected chi connectivity index (χ4v) is 6.37. The molecule has 0 aromatic rings. The molecule has 10 nitrogen and oxygen atoms in total. The van der Waals surface area contributed by atoms with Crippen molar-refractivity contribution in [1.29, 1.82) is 0 Å². The summed E-state index contributed by atoms with van der Waals surface area (Å²) in [5.74, 6) is -1.79. The lowest BCUT2D eigenvalue weighted by Gasteiger charge is -2.20. The molecule has 11 heteroatoms. The third-order valence-electron chi connectivity index (χ3n) is 8.87. The maximum Gasteiger partial charge on any atom is 0.472 e. The highest BCUT2D eigenvalue weighted by Gasteiger charge is 2.27. The summed E-state index contributed by atoms with van der Waals surface area (Å²) in [5.41, 5.74) is 5.35. The lowest BCUT2D eigenvalue weighted by atomic mass is 10.0. The lowest BCUT2D eigenvalue weighted by Crippen LogP contribution is -2.34. The van der Waals surface area contributed by atoms with Gasteiger partial charge < -0.3 is 25.2 Å². The number of phosphoric ester groups is 1. The van der Waals surface area contributed by atoms with Crippen LogP contribution in [0, 0.1) is 0 Å². The summed E-state index contributed by atoms with van der Waals surface area (Å²) in [4.78, 5) is 33.5. The van der Waals surface area contributed by atoms with Gasteiger partial charge in [0, 0.05) is 13.0 Å². The fourth-order valence-electron chi connectivity index (χ4n) is 5.59. The van der Waals surface area contributed by atoms with Crippen LogP contribution >= 0.6 is 7.82 Å². The zero-order chi connectivity index (χ0) is 39.8. The maximum atomic E-state index is 12.6. The van der Waals surface area contributed by atoms with Gasteiger partial charge in [0.15, 0.2) is 0 Å². The molecule has 4 N–H and O–H groups in total. The molecule has 0 aromatic carbocycles. The van der Waals surface area contributed by atoms with Gasteiger partial charge >= 0.3 is 19.8 Å². The standard InChI is InChI=1S/C43H78NO9P/c1-3-5-7-9-11-13-15-17-19-20-21-22-24-26-28-30-32-34-36-50-37-40(38-51-54(48,49)52-39-41(44)43(46)47)53-42(45)35-33-31-29-27-25-23-18-16-14-12-10-8-6-4-2/h5,7,11,13,17,19,21-22,40-41H,3-4,6,8-10,12,14-16,18,20,23-39,44H2,1-2H3,(H,46,47)(H,48,49)/b7-5-,13-11-,19-17-,22-21-. The number of phosphoric acid groups is 1. The summed E-state index contributed by atoms with van der Waals surface area (Å²) < 4.78 is 33.3. The Morgan fingerprint density at radius 1 is 0.611 bits per heavy atom. The Kier molecular flexibility index (Phi) is 37.7. The van der Waals surface area contributed by atoms with Crippen molar-refractivity contribution in [2.45, 2.75) is 187 Å². The smallest absolute Gasteiger partial charge is 0.472 e. The van der Waals surface area contributed by atoms with Crippen LogP contribution in [0.25, 0.3) is 0 Å². The third-order valence-corrected chi connectivity index (χ3v) is 9.82. The van der Waals surface area contributed by atoms with E-state index in [9.17, 15) is 19.0 Å². The molecule has 0 radical (unpaired) electrons. The Morgan fingerprint density at radius 3 is 1.61 bits per heavy atom. The molecule has 0 amide bonds. The molecular weight excluding hydrogens is 705 g/mol. The van der Waals surface area contributed by atoms with Gasteiger partial charge in [-0.05, 0) is 51.4 Å². The van der Waals surface area contributed by atoms with Crippen LogP contribution in [0.4, 0.5) is 0 Å². The molecule has 0 aliphatic heterocycles. The molecule has 0 saturated carbocycles. The van der Waals surface area contributed by atoms with Crippen molar-refractivity contribution in [2.24, 2.45) is 5.73 Å². The fraction of sp³-hybridized carbons (Fsp3) is 0.767. The first kappa shape index (κ1) is 51.9. The van der Waals surface area contributed by atoms with Crippen LogP contribution in [0.3, 0.4) is 0 Å². The van der Waals surface area contributed by atoms with E-state index >= 15 is 0 Å². The van der Waals surface area contributed by atoms with Crippen LogP contribution in [0.5, 0.6) is 0 Å². The van der Waals surface area contributed by atoms with Crippen LogP contribution in [0.1, 0.15) is 174 Å². The maximum absolute atomic E-state index is 12.6. The van der Waals surface area contributed by atoms with Gasteiger partial charge in [-0.1, -0.05) is 165 Å². The molecule has 0 bridgehead atoms. The van der Waals surface area contributed by atoms with Crippen molar-refractivity contribution in [3.63, 3.8) is 0 Å². The molecule has 0 aliphatic carbocycles. The number of aliphatic carboxylic acids is 1. The van der Waals surface area contributed by atoms with E-state index in [2.05, 4.69) is 62.5 Å². The highest BCUT2D eigenvalue weighted by atomic mass is 31.2. The van der Waals surface area contributed by atoms with Crippen LogP contribution in [0.15, 0.2) is 48.6 Å². The minimum atomic E-state index is -4.62. The molecule has 0 spiro atoms. The Balaban J connectivity index is 4.28. The molecule has 3 atom stereocenters. The number of carboxylic acid groups (broad SMARTS) is 1. The highest BCUT2D eigenvalue weighted by molar-refractivity contribution is 7.47. The Morgan fingerprint density at radius 2 is 1.07 bits per heavy atom. The van der Waals surface area contributed by atoms with Gasteiger partial charge in [0.25, 0.3) is 0 Å². The first-order valence-electron chi connectivity index (χ1n) is 21.2. The summed E-state index contributed by atoms with van der Waals surface area (Å²) in [6, 6.07) is -1.48. The van der Waals surface area contributed by atoms with Gasteiger partial charge in [-0.3, -0.25) is 18.6 Å². The second-order valence-electron chi connectivity index (χ2n) is 14.1. The van der Waals surface area contributed by atoms with Crippen LogP contribution in [-0.2, 0) is 32.7 Å². The first-order chi connectivity index (χ1) is 26.2. The van der Waals surface area contributed by atoms with E-state index in [0.29, 0.717) is 13.0 Å². The number of allylic oxidation sites excluding steroid dienone is 8. The summed E-state index contributed by atoms with van der Waals surface area (Å²) >= 11 is 0. The Bertz CT molecular complexity index is 1050. The number of carbonyl (C=O) groups is 2. The third kappa shape index (κ3) is 38.2. The van der Waals surface area contributed by atoms with E-state index in [1.165, 1.54) is 70.6 Å². The minimum absolute atomic E-state index is 0.00491. The summed E-state index contributed by atoms with van der Waals surface area (Å²) in [6.45, 7) is 3.72. The van der Waals surface area contributed by atoms with Gasteiger partial charge in [-0.2, -0.15) is 0 Å². The van der Waals surface area contributed by atoms with Gasteiger partial charge in [0.2, 0.25) is 0 Å². The van der Waals surface area contributed by atoms with Crippen molar-refractivity contribution in [3.8, 4) is 0 Å². The monoisotopic (exact) mass is 784 g/mol. The molecule has 3 unspecified atom stereocenters. The number of ether oxygens (including phenoxy) is 2. The molecular formula is C43H78NO9P. The predicted molar refractivity (Wildman–Crippen MR) is 221 cm³/mol. The number of carbonyl (C=O) groups excluding carboxylic acids is 1. The zero-order valence-electron chi connectivity index (χ0n) is 34.1. The molecule has 0 fully saturated rings. The molecule has 0 heterocycles. The number of nitrogens with two attached hydrogens (primary N) is 1. The van der Waals surface area contributed by atoms with Gasteiger partial charge in [-0.15, -0.1) is 0 Å². The summed E-state index contributed by atoms with van der Waals surface area (Å²) in [5, 5.41) is 8.89. The SMILES string of the molecule is CC/C=C\C/C=C\C/C=C\C/C=C\CCCCCCCOCC(COP(=O)(O)OCC(N)C(=O)O)OC(=O)CCCCCCCCCCCCCCCC. The molecule has 0 rings (SSSR count). The van der Waals surface area contributed by atoms with E-state index < -0.39 is 45.1 Å². The highest BCUT2D eigenvalue weighted by Crippen LogP contribution is 2.43. The second-order valence-corrected chi connectivity index (χ2v) is 15.5. The van der Waals surface area contributed by atoms with Crippen LogP contribution < -0.4 is 5.73 Å². The second kappa shape index (κ2) is 39.2. The largest absolute Gasteiger partial charge is 0.480 e. The number of unbranched alkanes of at least 4 members (excludes halogenated alkanes) is 18. The minimum Gasteiger partial charge on any atom is -0.480 e. The van der Waals surface area contributed by atoms with Gasteiger partial charge in [0.05, 0.1) is 19.8 Å². The van der Waals surface area contributed by atoms with Crippen molar-refractivity contribution < 1.29 is 42.7 Å². The quantitative estimate of drug-likeness (QED) is 0.0237. The number of rotatable bonds is 40. The van der Waals surface area contributed by atoms with E-state index in [1.54, 1.807) is 0 Å². The molecule has 54 heavy (non-hydrogen) atoms. The average molecular weight is 784 g/mol. The van der Waals surface area contributed by atoms with E-state index in [1.807, 2.05) is 0 Å². The molecule has 0 saturated heterocycles. The zero-order valence-corrected chi connectivity index (χ0v) is 35.0. The number of esters is 1. The number of hydrogen-bond acceptors (Lipinski definition) is 8. The Hall–Kier alpha value is -2.07. The average Bonchev–Trinajstić information content (AvgIpc) is 3.15. The predicted octanol–water partition coefficient (Wildman–Crippen LogP) is 11.5. The lowest BCUT2D eigenvalue weighted by molar-refractivity contribution is -0.154. The van der Waals surface area contributed by atoms with Gasteiger partial charge in [0.1, 0.15) is 12.1 Å².